The van der Waals surface area contributed by atoms with E-state index in [0.717, 1.165) is 27.6 Å². The molecular weight excluding hydrogens is 442 g/mol. The number of benzene rings is 3. The summed E-state index contributed by atoms with van der Waals surface area (Å²) >= 11 is 0. The number of H-pyrrole nitrogens is 1. The summed E-state index contributed by atoms with van der Waals surface area (Å²) in [6.45, 7) is 0.776. The van der Waals surface area contributed by atoms with Crippen LogP contribution in [0.1, 0.15) is 5.56 Å². The molecule has 2 aromatic heterocycles. The fourth-order valence-corrected chi connectivity index (χ4v) is 4.19. The largest absolute Gasteiger partial charge is 0.508 e. The van der Waals surface area contributed by atoms with Crippen molar-refractivity contribution in [3.63, 3.8) is 0 Å². The van der Waals surface area contributed by atoms with Gasteiger partial charge in [0.15, 0.2) is 0 Å². The molecule has 2 heterocycles. The van der Waals surface area contributed by atoms with E-state index in [4.69, 9.17) is 5.73 Å². The summed E-state index contributed by atoms with van der Waals surface area (Å²) in [6, 6.07) is 21.8. The zero-order chi connectivity index (χ0) is 24.4. The fraction of sp³-hybridized carbons (Fsp3) is 0.111. The van der Waals surface area contributed by atoms with Crippen LogP contribution in [0.2, 0.25) is 0 Å². The predicted octanol–water partition coefficient (Wildman–Crippen LogP) is 4.28. The number of nitrogens with one attached hydrogen (secondary N) is 1. The van der Waals surface area contributed by atoms with Gasteiger partial charge in [0, 0.05) is 41.8 Å². The van der Waals surface area contributed by atoms with Gasteiger partial charge in [0.25, 0.3) is 0 Å². The molecule has 0 spiro atoms. The lowest BCUT2D eigenvalue weighted by atomic mass is 10.0. The van der Waals surface area contributed by atoms with Crippen LogP contribution in [0.25, 0.3) is 33.3 Å². The number of nitrogens with two attached hydrogens (primary N) is 1. The van der Waals surface area contributed by atoms with Crippen LogP contribution < -0.4 is 10.6 Å². The Morgan fingerprint density at radius 2 is 1.66 bits per heavy atom. The number of nitrogens with zero attached hydrogens (tertiary/aromatic N) is 3. The van der Waals surface area contributed by atoms with Crippen molar-refractivity contribution in [2.75, 3.05) is 23.8 Å². The molecule has 8 heteroatoms. The van der Waals surface area contributed by atoms with Crippen molar-refractivity contribution in [3.05, 3.63) is 84.6 Å². The van der Waals surface area contributed by atoms with Crippen LogP contribution in [-0.4, -0.2) is 43.4 Å². The number of aliphatic hydroxyl groups is 1. The van der Waals surface area contributed by atoms with E-state index in [1.807, 2.05) is 41.4 Å². The number of aromatic hydroxyl groups is 2. The van der Waals surface area contributed by atoms with Crippen LogP contribution >= 0.6 is 0 Å². The quantitative estimate of drug-likeness (QED) is 0.241. The monoisotopic (exact) mass is 467 g/mol. The summed E-state index contributed by atoms with van der Waals surface area (Å²) < 4.78 is 0. The zero-order valence-corrected chi connectivity index (χ0v) is 18.9. The molecule has 0 bridgehead atoms. The number of hydrogen-bond acceptors (Lipinski definition) is 7. The predicted molar refractivity (Wildman–Crippen MR) is 137 cm³/mol. The Morgan fingerprint density at radius 3 is 2.46 bits per heavy atom. The molecule has 35 heavy (non-hydrogen) atoms. The molecule has 0 aliphatic carbocycles. The van der Waals surface area contributed by atoms with Gasteiger partial charge in [-0.3, -0.25) is 0 Å². The smallest absolute Gasteiger partial charge is 0.222 e. The van der Waals surface area contributed by atoms with Crippen LogP contribution in [0.5, 0.6) is 11.5 Å². The van der Waals surface area contributed by atoms with Crippen molar-refractivity contribution in [1.82, 2.24) is 15.0 Å². The number of hydrogen-bond donors (Lipinski definition) is 5. The Kier molecular flexibility index (Phi) is 5.95. The third kappa shape index (κ3) is 4.60. The van der Waals surface area contributed by atoms with Crippen LogP contribution in [-0.2, 0) is 6.54 Å². The molecule has 176 valence electrons. The number of aromatic nitrogens is 3. The van der Waals surface area contributed by atoms with E-state index in [0.29, 0.717) is 30.2 Å². The summed E-state index contributed by atoms with van der Waals surface area (Å²) in [5.41, 5.74) is 10.9. The molecule has 0 saturated heterocycles. The molecular formula is C27H25N5O3. The van der Waals surface area contributed by atoms with Gasteiger partial charge in [0.2, 0.25) is 5.95 Å². The molecule has 0 atom stereocenters. The van der Waals surface area contributed by atoms with Gasteiger partial charge in [0.05, 0.1) is 12.3 Å². The Balaban J connectivity index is 1.53. The first kappa shape index (κ1) is 22.2. The molecule has 8 nitrogen and oxygen atoms in total. The average Bonchev–Trinajstić information content (AvgIpc) is 3.27. The molecule has 3 aromatic carbocycles. The third-order valence-corrected chi connectivity index (χ3v) is 5.93. The molecule has 0 amide bonds. The number of rotatable bonds is 7. The van der Waals surface area contributed by atoms with Crippen molar-refractivity contribution in [2.24, 2.45) is 0 Å². The summed E-state index contributed by atoms with van der Waals surface area (Å²) in [4.78, 5) is 14.0. The first-order valence-electron chi connectivity index (χ1n) is 11.2. The molecule has 5 rings (SSSR count). The van der Waals surface area contributed by atoms with Crippen molar-refractivity contribution in [2.45, 2.75) is 6.54 Å². The first-order valence-corrected chi connectivity index (χ1v) is 11.2. The van der Waals surface area contributed by atoms with Gasteiger partial charge in [-0.15, -0.1) is 0 Å². The topological polar surface area (TPSA) is 132 Å². The number of anilines is 2. The fourth-order valence-electron chi connectivity index (χ4n) is 4.19. The van der Waals surface area contributed by atoms with Gasteiger partial charge in [-0.05, 0) is 47.0 Å². The van der Waals surface area contributed by atoms with Crippen molar-refractivity contribution >= 4 is 22.7 Å². The average molecular weight is 468 g/mol. The van der Waals surface area contributed by atoms with Gasteiger partial charge in [0.1, 0.15) is 17.3 Å². The van der Waals surface area contributed by atoms with Gasteiger partial charge in [-0.25, -0.2) is 4.98 Å². The Bertz CT molecular complexity index is 1480. The van der Waals surface area contributed by atoms with E-state index in [1.54, 1.807) is 42.5 Å². The minimum Gasteiger partial charge on any atom is -0.508 e. The van der Waals surface area contributed by atoms with E-state index >= 15 is 0 Å². The standard InChI is InChI=1S/C27H25N5O3/c28-27-30-24(22-13-18(7-10-25(22)35)17-5-8-20(34)9-6-17)14-26(31-27)32(11-12-33)16-19-15-29-23-4-2-1-3-21(19)23/h1-10,13-15,29,33-35H,11-12,16H2,(H2,28,30,31). The van der Waals surface area contributed by atoms with Crippen molar-refractivity contribution in [1.29, 1.82) is 0 Å². The Morgan fingerprint density at radius 1 is 0.886 bits per heavy atom. The second-order valence-corrected chi connectivity index (χ2v) is 8.25. The summed E-state index contributed by atoms with van der Waals surface area (Å²) in [7, 11) is 0. The lowest BCUT2D eigenvalue weighted by molar-refractivity contribution is 0.301. The highest BCUT2D eigenvalue weighted by atomic mass is 16.3. The molecule has 0 saturated carbocycles. The number of aliphatic hydroxyl groups excluding tert-OH is 1. The van der Waals surface area contributed by atoms with Gasteiger partial charge < -0.3 is 30.9 Å². The molecule has 5 aromatic rings. The highest BCUT2D eigenvalue weighted by Gasteiger charge is 2.16. The zero-order valence-electron chi connectivity index (χ0n) is 18.9. The maximum Gasteiger partial charge on any atom is 0.222 e. The normalized spacial score (nSPS) is 11.1. The lowest BCUT2D eigenvalue weighted by Crippen LogP contribution is -2.27. The summed E-state index contributed by atoms with van der Waals surface area (Å²) in [6.07, 6.45) is 1.95. The van der Waals surface area contributed by atoms with E-state index in [-0.39, 0.29) is 24.1 Å². The minimum atomic E-state index is -0.0663. The van der Waals surface area contributed by atoms with E-state index < -0.39 is 0 Å². The number of nitrogen functional groups attached to an aromatic ring is 1. The maximum atomic E-state index is 10.6. The summed E-state index contributed by atoms with van der Waals surface area (Å²) in [5.74, 6) is 0.845. The first-order chi connectivity index (χ1) is 17.0. The molecule has 0 fully saturated rings. The number of phenolic OH excluding ortho intramolecular Hbond substituents is 2. The minimum absolute atomic E-state index is 0.0573. The van der Waals surface area contributed by atoms with Crippen LogP contribution in [0, 0.1) is 0 Å². The number of phenols is 2. The van der Waals surface area contributed by atoms with Gasteiger partial charge >= 0.3 is 0 Å². The van der Waals surface area contributed by atoms with E-state index in [1.165, 1.54) is 0 Å². The molecule has 0 radical (unpaired) electrons. The van der Waals surface area contributed by atoms with Crippen LogP contribution in [0.15, 0.2) is 79.0 Å². The van der Waals surface area contributed by atoms with Gasteiger partial charge in [-0.2, -0.15) is 4.98 Å². The second-order valence-electron chi connectivity index (χ2n) is 8.25. The second kappa shape index (κ2) is 9.36. The number of fused-ring (bicyclic) bond motifs is 1. The van der Waals surface area contributed by atoms with E-state index in [2.05, 4.69) is 15.0 Å². The molecule has 6 N–H and O–H groups in total. The number of para-hydroxylation sites is 1. The number of aromatic amines is 1. The van der Waals surface area contributed by atoms with E-state index in [9.17, 15) is 15.3 Å². The maximum absolute atomic E-state index is 10.6. The molecule has 0 unspecified atom stereocenters. The Hall–Kier alpha value is -4.56. The van der Waals surface area contributed by atoms with Crippen molar-refractivity contribution < 1.29 is 15.3 Å². The summed E-state index contributed by atoms with van der Waals surface area (Å²) in [5, 5.41) is 31.1. The molecule has 0 aliphatic rings. The highest BCUT2D eigenvalue weighted by molar-refractivity contribution is 5.83. The Labute approximate surface area is 202 Å². The molecule has 0 aliphatic heterocycles. The van der Waals surface area contributed by atoms with Gasteiger partial charge in [-0.1, -0.05) is 36.4 Å². The highest BCUT2D eigenvalue weighted by Crippen LogP contribution is 2.35. The van der Waals surface area contributed by atoms with Crippen LogP contribution in [0.3, 0.4) is 0 Å². The SMILES string of the molecule is Nc1nc(-c2cc(-c3ccc(O)cc3)ccc2O)cc(N(CCO)Cc2c[nH]c3ccccc23)n1. The van der Waals surface area contributed by atoms with Crippen molar-refractivity contribution in [3.8, 4) is 33.9 Å². The third-order valence-electron chi connectivity index (χ3n) is 5.93. The van der Waals surface area contributed by atoms with Crippen LogP contribution in [0.4, 0.5) is 11.8 Å². The lowest BCUT2D eigenvalue weighted by Gasteiger charge is -2.23.